The molecule has 1 fully saturated rings. The first-order chi connectivity index (χ1) is 15.6. The number of H-pyrrole nitrogens is 1. The second-order valence-electron chi connectivity index (χ2n) is 8.71. The maximum atomic E-state index is 12.9. The van der Waals surface area contributed by atoms with Gasteiger partial charge in [-0.3, -0.25) is 9.89 Å². The zero-order valence-corrected chi connectivity index (χ0v) is 19.7. The van der Waals surface area contributed by atoms with Crippen molar-refractivity contribution in [1.82, 2.24) is 14.5 Å². The third-order valence-electron chi connectivity index (χ3n) is 6.08. The van der Waals surface area contributed by atoms with Gasteiger partial charge in [0.25, 0.3) is 5.91 Å². The van der Waals surface area contributed by atoms with Crippen LogP contribution < -0.4 is 5.32 Å². The van der Waals surface area contributed by atoms with Gasteiger partial charge in [-0.2, -0.15) is 9.40 Å². The van der Waals surface area contributed by atoms with Crippen LogP contribution in [0.5, 0.6) is 5.75 Å². The Hall–Kier alpha value is -3.17. The van der Waals surface area contributed by atoms with Crippen LogP contribution >= 0.6 is 0 Å². The highest BCUT2D eigenvalue weighted by molar-refractivity contribution is 7.89. The number of phenols is 1. The van der Waals surface area contributed by atoms with E-state index >= 15 is 0 Å². The van der Waals surface area contributed by atoms with Gasteiger partial charge in [-0.15, -0.1) is 0 Å². The molecule has 174 valence electrons. The predicted octanol–water partition coefficient (Wildman–Crippen LogP) is 4.07. The van der Waals surface area contributed by atoms with Gasteiger partial charge in [0, 0.05) is 24.3 Å². The fourth-order valence-corrected chi connectivity index (χ4v) is 5.60. The number of hydrogen-bond acceptors (Lipinski definition) is 5. The average Bonchev–Trinajstić information content (AvgIpc) is 3.27. The Kier molecular flexibility index (Phi) is 6.27. The minimum atomic E-state index is -3.55. The number of benzene rings is 2. The van der Waals surface area contributed by atoms with Crippen LogP contribution in [0.4, 0.5) is 5.69 Å². The zero-order valence-electron chi connectivity index (χ0n) is 18.9. The molecule has 1 aliphatic heterocycles. The lowest BCUT2D eigenvalue weighted by Gasteiger charge is -2.30. The SMILES string of the molecule is Cc1cc(O)c(-c2cc(C(=O)Nc3ccc(S(=O)(=O)N4CCC[C@H](C)C4)cc3)[nH]n2)cc1C. The number of anilines is 1. The van der Waals surface area contributed by atoms with Gasteiger partial charge in [0.15, 0.2) is 0 Å². The lowest BCUT2D eigenvalue weighted by molar-refractivity contribution is 0.102. The van der Waals surface area contributed by atoms with E-state index in [1.807, 2.05) is 19.9 Å². The van der Waals surface area contributed by atoms with E-state index in [1.165, 1.54) is 16.4 Å². The summed E-state index contributed by atoms with van der Waals surface area (Å²) >= 11 is 0. The minimum absolute atomic E-state index is 0.0939. The Morgan fingerprint density at radius 3 is 2.55 bits per heavy atom. The molecule has 1 saturated heterocycles. The van der Waals surface area contributed by atoms with Gasteiger partial charge in [-0.25, -0.2) is 8.42 Å². The standard InChI is InChI=1S/C24H28N4O4S/c1-15-5-4-10-28(14-15)33(31,32)19-8-6-18(7-9-19)25-24(30)22-13-21(26-27-22)20-11-16(2)17(3)12-23(20)29/h6-9,11-13,15,29H,4-5,10,14H2,1-3H3,(H,25,30)(H,26,27)/t15-/m0/s1. The molecule has 1 aromatic heterocycles. The van der Waals surface area contributed by atoms with Crippen LogP contribution in [0, 0.1) is 19.8 Å². The topological polar surface area (TPSA) is 115 Å². The summed E-state index contributed by atoms with van der Waals surface area (Å²) in [6.45, 7) is 6.96. The first-order valence-electron chi connectivity index (χ1n) is 10.9. The van der Waals surface area contributed by atoms with Gasteiger partial charge >= 0.3 is 0 Å². The molecule has 3 aromatic rings. The Labute approximate surface area is 193 Å². The summed E-state index contributed by atoms with van der Waals surface area (Å²) in [5.41, 5.74) is 3.65. The van der Waals surface area contributed by atoms with Crippen molar-refractivity contribution in [2.75, 3.05) is 18.4 Å². The molecule has 0 bridgehead atoms. The van der Waals surface area contributed by atoms with Crippen LogP contribution in [-0.4, -0.2) is 47.0 Å². The number of phenolic OH excluding ortho intramolecular Hbond substituents is 1. The lowest BCUT2D eigenvalue weighted by Crippen LogP contribution is -2.39. The number of nitrogens with zero attached hydrogens (tertiary/aromatic N) is 2. The summed E-state index contributed by atoms with van der Waals surface area (Å²) in [4.78, 5) is 12.9. The van der Waals surface area contributed by atoms with Crippen molar-refractivity contribution in [2.24, 2.45) is 5.92 Å². The molecular weight excluding hydrogens is 440 g/mol. The van der Waals surface area contributed by atoms with E-state index in [0.717, 1.165) is 24.0 Å². The molecule has 1 aliphatic rings. The van der Waals surface area contributed by atoms with Gasteiger partial charge in [0.1, 0.15) is 11.4 Å². The third-order valence-corrected chi connectivity index (χ3v) is 7.96. The molecule has 2 heterocycles. The third kappa shape index (κ3) is 4.79. The summed E-state index contributed by atoms with van der Waals surface area (Å²) in [6.07, 6.45) is 1.90. The molecule has 9 heteroatoms. The molecule has 0 radical (unpaired) electrons. The Bertz CT molecular complexity index is 1280. The number of amides is 1. The smallest absolute Gasteiger partial charge is 0.273 e. The number of aromatic hydroxyl groups is 1. The molecule has 0 saturated carbocycles. The summed E-state index contributed by atoms with van der Waals surface area (Å²) in [5, 5.41) is 19.8. The fourth-order valence-electron chi connectivity index (χ4n) is 4.00. The molecule has 1 amide bonds. The molecule has 1 atom stereocenters. The second kappa shape index (κ2) is 8.99. The number of carbonyl (C=O) groups excluding carboxylic acids is 1. The number of hydrogen-bond donors (Lipinski definition) is 3. The average molecular weight is 469 g/mol. The van der Waals surface area contributed by atoms with Crippen LogP contribution in [-0.2, 0) is 10.0 Å². The number of sulfonamides is 1. The Morgan fingerprint density at radius 2 is 1.85 bits per heavy atom. The van der Waals surface area contributed by atoms with Crippen molar-refractivity contribution in [1.29, 1.82) is 0 Å². The first-order valence-corrected chi connectivity index (χ1v) is 12.4. The summed E-state index contributed by atoms with van der Waals surface area (Å²) in [6, 6.07) is 11.2. The van der Waals surface area contributed by atoms with Gasteiger partial charge in [0.05, 0.1) is 10.6 Å². The van der Waals surface area contributed by atoms with E-state index < -0.39 is 15.9 Å². The van der Waals surface area contributed by atoms with Crippen LogP contribution in [0.1, 0.15) is 41.4 Å². The van der Waals surface area contributed by atoms with Crippen molar-refractivity contribution in [2.45, 2.75) is 38.5 Å². The molecular formula is C24H28N4O4S. The van der Waals surface area contributed by atoms with Crippen molar-refractivity contribution in [3.63, 3.8) is 0 Å². The van der Waals surface area contributed by atoms with Crippen LogP contribution in [0.15, 0.2) is 47.4 Å². The van der Waals surface area contributed by atoms with Crippen molar-refractivity contribution in [3.8, 4) is 17.0 Å². The number of piperidine rings is 1. The van der Waals surface area contributed by atoms with Crippen LogP contribution in [0.25, 0.3) is 11.3 Å². The highest BCUT2D eigenvalue weighted by Crippen LogP contribution is 2.31. The molecule has 33 heavy (non-hydrogen) atoms. The quantitative estimate of drug-likeness (QED) is 0.522. The van der Waals surface area contributed by atoms with Crippen molar-refractivity contribution < 1.29 is 18.3 Å². The zero-order chi connectivity index (χ0) is 23.8. The monoisotopic (exact) mass is 468 g/mol. The molecule has 4 rings (SSSR count). The van der Waals surface area contributed by atoms with E-state index in [0.29, 0.717) is 36.0 Å². The normalized spacial score (nSPS) is 17.1. The van der Waals surface area contributed by atoms with Crippen molar-refractivity contribution >= 4 is 21.6 Å². The molecule has 8 nitrogen and oxygen atoms in total. The molecule has 0 unspecified atom stereocenters. The van der Waals surface area contributed by atoms with Crippen LogP contribution in [0.3, 0.4) is 0 Å². The number of aryl methyl sites for hydroxylation is 2. The van der Waals surface area contributed by atoms with E-state index in [9.17, 15) is 18.3 Å². The Morgan fingerprint density at radius 1 is 1.15 bits per heavy atom. The van der Waals surface area contributed by atoms with Crippen LogP contribution in [0.2, 0.25) is 0 Å². The molecule has 0 aliphatic carbocycles. The Balaban J connectivity index is 1.47. The number of aromatic amines is 1. The van der Waals surface area contributed by atoms with E-state index in [2.05, 4.69) is 22.4 Å². The van der Waals surface area contributed by atoms with E-state index in [4.69, 9.17) is 0 Å². The highest BCUT2D eigenvalue weighted by Gasteiger charge is 2.28. The van der Waals surface area contributed by atoms with Gasteiger partial charge in [0.2, 0.25) is 10.0 Å². The van der Waals surface area contributed by atoms with Gasteiger partial charge < -0.3 is 10.4 Å². The minimum Gasteiger partial charge on any atom is -0.507 e. The molecule has 3 N–H and O–H groups in total. The highest BCUT2D eigenvalue weighted by atomic mass is 32.2. The van der Waals surface area contributed by atoms with Gasteiger partial charge in [-0.1, -0.05) is 6.92 Å². The largest absolute Gasteiger partial charge is 0.507 e. The molecule has 0 spiro atoms. The maximum absolute atomic E-state index is 12.9. The number of aromatic nitrogens is 2. The van der Waals surface area contributed by atoms with E-state index in [1.54, 1.807) is 24.3 Å². The fraction of sp³-hybridized carbons (Fsp3) is 0.333. The summed E-state index contributed by atoms with van der Waals surface area (Å²) in [5.74, 6) is 0.0195. The predicted molar refractivity (Wildman–Crippen MR) is 127 cm³/mol. The number of carbonyl (C=O) groups is 1. The summed E-state index contributed by atoms with van der Waals surface area (Å²) < 4.78 is 27.3. The van der Waals surface area contributed by atoms with E-state index in [-0.39, 0.29) is 16.3 Å². The first kappa shape index (κ1) is 23.0. The summed E-state index contributed by atoms with van der Waals surface area (Å²) in [7, 11) is -3.55. The maximum Gasteiger partial charge on any atom is 0.273 e. The lowest BCUT2D eigenvalue weighted by atomic mass is 10.0. The van der Waals surface area contributed by atoms with Gasteiger partial charge in [-0.05, 0) is 86.2 Å². The van der Waals surface area contributed by atoms with Crippen molar-refractivity contribution in [3.05, 3.63) is 59.3 Å². The number of nitrogens with one attached hydrogen (secondary N) is 2. The number of rotatable bonds is 5. The molecule has 2 aromatic carbocycles. The second-order valence-corrected chi connectivity index (χ2v) is 10.6.